The summed E-state index contributed by atoms with van der Waals surface area (Å²) in [4.78, 5) is 44.7. The maximum absolute atomic E-state index is 13.8. The van der Waals surface area contributed by atoms with Gasteiger partial charge in [-0.2, -0.15) is 0 Å². The first-order chi connectivity index (χ1) is 17.1. The number of hydrogen-bond donors (Lipinski definition) is 1. The van der Waals surface area contributed by atoms with Crippen molar-refractivity contribution in [2.75, 3.05) is 13.1 Å². The molecule has 0 aliphatic carbocycles. The summed E-state index contributed by atoms with van der Waals surface area (Å²) in [6, 6.07) is 25.9. The van der Waals surface area contributed by atoms with Gasteiger partial charge >= 0.3 is 0 Å². The Balaban J connectivity index is 0.00000304. The molecule has 2 atom stereocenters. The third kappa shape index (κ3) is 4.31. The summed E-state index contributed by atoms with van der Waals surface area (Å²) < 4.78 is 0. The van der Waals surface area contributed by atoms with E-state index in [1.807, 2.05) is 43.3 Å². The van der Waals surface area contributed by atoms with E-state index in [0.29, 0.717) is 36.2 Å². The van der Waals surface area contributed by atoms with Crippen molar-refractivity contribution >= 4 is 30.1 Å². The average molecular weight is 504 g/mol. The van der Waals surface area contributed by atoms with E-state index in [0.717, 1.165) is 18.4 Å². The lowest BCUT2D eigenvalue weighted by atomic mass is 9.82. The van der Waals surface area contributed by atoms with Crippen molar-refractivity contribution in [3.63, 3.8) is 0 Å². The molecule has 1 saturated heterocycles. The van der Waals surface area contributed by atoms with Gasteiger partial charge in [0.1, 0.15) is 0 Å². The van der Waals surface area contributed by atoms with E-state index in [9.17, 15) is 14.4 Å². The number of benzene rings is 3. The Bertz CT molecular complexity index is 1220. The predicted octanol–water partition coefficient (Wildman–Crippen LogP) is 4.76. The zero-order valence-electron chi connectivity index (χ0n) is 20.2. The van der Waals surface area contributed by atoms with Gasteiger partial charge in [0, 0.05) is 18.0 Å². The molecule has 0 aromatic heterocycles. The number of nitrogens with one attached hydrogen (secondary N) is 1. The number of nitrogens with zero attached hydrogens (tertiary/aromatic N) is 2. The quantitative estimate of drug-likeness (QED) is 0.492. The van der Waals surface area contributed by atoms with Crippen LogP contribution in [0.25, 0.3) is 0 Å². The Morgan fingerprint density at radius 1 is 0.889 bits per heavy atom. The molecule has 0 saturated carbocycles. The van der Waals surface area contributed by atoms with Crippen LogP contribution in [0.4, 0.5) is 0 Å². The highest BCUT2D eigenvalue weighted by Crippen LogP contribution is 2.41. The number of carbonyl (C=O) groups is 3. The molecular weight excluding hydrogens is 474 g/mol. The third-order valence-corrected chi connectivity index (χ3v) is 7.21. The highest BCUT2D eigenvalue weighted by molar-refractivity contribution is 6.22. The molecule has 0 radical (unpaired) electrons. The maximum atomic E-state index is 13.8. The molecular formula is C29H30ClN3O3. The smallest absolute Gasteiger partial charge is 0.264 e. The molecule has 36 heavy (non-hydrogen) atoms. The molecule has 7 heteroatoms. The number of rotatable bonds is 6. The number of halogens is 1. The van der Waals surface area contributed by atoms with Crippen LogP contribution in [0.3, 0.4) is 0 Å². The van der Waals surface area contributed by atoms with E-state index in [1.165, 1.54) is 4.90 Å². The topological polar surface area (TPSA) is 69.7 Å². The number of hydrogen-bond acceptors (Lipinski definition) is 4. The fraction of sp³-hybridized carbons (Fsp3) is 0.276. The van der Waals surface area contributed by atoms with Gasteiger partial charge in [0.15, 0.2) is 5.79 Å². The molecule has 3 aromatic rings. The van der Waals surface area contributed by atoms with E-state index < -0.39 is 5.79 Å². The largest absolute Gasteiger partial charge is 0.316 e. The highest BCUT2D eigenvalue weighted by Gasteiger charge is 2.58. The number of amides is 3. The number of likely N-dealkylation sites (tertiary alicyclic amines) is 1. The minimum Gasteiger partial charge on any atom is -0.316 e. The van der Waals surface area contributed by atoms with Crippen molar-refractivity contribution in [3.05, 3.63) is 107 Å². The molecule has 2 aliphatic heterocycles. The molecule has 6 nitrogen and oxygen atoms in total. The van der Waals surface area contributed by atoms with Crippen molar-refractivity contribution in [2.24, 2.45) is 5.92 Å². The molecule has 1 N–H and O–H groups in total. The van der Waals surface area contributed by atoms with Crippen molar-refractivity contribution in [1.82, 2.24) is 15.1 Å². The Morgan fingerprint density at radius 3 is 2.03 bits per heavy atom. The number of piperidine rings is 1. The summed E-state index contributed by atoms with van der Waals surface area (Å²) in [5, 5.41) is 3.23. The van der Waals surface area contributed by atoms with Gasteiger partial charge in [-0.25, -0.2) is 4.90 Å². The summed E-state index contributed by atoms with van der Waals surface area (Å²) in [5.74, 6) is -2.51. The minimum absolute atomic E-state index is 0. The molecule has 0 bridgehead atoms. The van der Waals surface area contributed by atoms with Gasteiger partial charge in [0.05, 0.1) is 11.1 Å². The van der Waals surface area contributed by atoms with Gasteiger partial charge in [-0.1, -0.05) is 67.6 Å². The van der Waals surface area contributed by atoms with Gasteiger partial charge in [0.2, 0.25) is 0 Å². The van der Waals surface area contributed by atoms with Crippen LogP contribution < -0.4 is 5.32 Å². The number of imide groups is 1. The number of fused-ring (bicyclic) bond motifs is 1. The van der Waals surface area contributed by atoms with Crippen LogP contribution in [0.1, 0.15) is 56.4 Å². The lowest BCUT2D eigenvalue weighted by Gasteiger charge is -2.55. The summed E-state index contributed by atoms with van der Waals surface area (Å²) in [7, 11) is 0. The molecule has 186 valence electrons. The second-order valence-electron chi connectivity index (χ2n) is 9.15. The first kappa shape index (κ1) is 25.6. The van der Waals surface area contributed by atoms with Crippen LogP contribution in [0.5, 0.6) is 0 Å². The molecule has 2 aliphatic rings. The molecule has 2 heterocycles. The van der Waals surface area contributed by atoms with Crippen LogP contribution >= 0.6 is 12.4 Å². The normalized spacial score (nSPS) is 21.6. The van der Waals surface area contributed by atoms with Gasteiger partial charge in [0.25, 0.3) is 17.7 Å². The first-order valence-electron chi connectivity index (χ1n) is 12.2. The summed E-state index contributed by atoms with van der Waals surface area (Å²) >= 11 is 0. The second kappa shape index (κ2) is 10.6. The average Bonchev–Trinajstić information content (AvgIpc) is 3.16. The van der Waals surface area contributed by atoms with Gasteiger partial charge in [-0.3, -0.25) is 19.3 Å². The Hall–Kier alpha value is -3.48. The lowest BCUT2D eigenvalue weighted by Crippen LogP contribution is -2.76. The van der Waals surface area contributed by atoms with Crippen LogP contribution in [0, 0.1) is 5.92 Å². The van der Waals surface area contributed by atoms with E-state index in [1.54, 1.807) is 36.4 Å². The maximum Gasteiger partial charge on any atom is 0.264 e. The summed E-state index contributed by atoms with van der Waals surface area (Å²) in [6.07, 6.45) is 2.31. The predicted molar refractivity (Wildman–Crippen MR) is 141 cm³/mol. The summed E-state index contributed by atoms with van der Waals surface area (Å²) in [5.41, 5.74) is 2.35. The van der Waals surface area contributed by atoms with Crippen molar-refractivity contribution < 1.29 is 14.4 Å². The van der Waals surface area contributed by atoms with Gasteiger partial charge in [-0.05, 0) is 55.6 Å². The third-order valence-electron chi connectivity index (χ3n) is 7.21. The van der Waals surface area contributed by atoms with E-state index in [4.69, 9.17) is 0 Å². The SMILES string of the molecule is CCN1CCCC(Cc2ccccc2)C1(NC(=O)c1ccccc1)N1C(=O)c2ccccc2C1=O.Cl. The van der Waals surface area contributed by atoms with Crippen molar-refractivity contribution in [1.29, 1.82) is 0 Å². The van der Waals surface area contributed by atoms with E-state index in [-0.39, 0.29) is 36.0 Å². The molecule has 3 amide bonds. The standard InChI is InChI=1S/C29H29N3O3.ClH/c1-2-31-19-11-16-23(20-21-12-5-3-6-13-21)29(31,30-26(33)22-14-7-4-8-15-22)32-27(34)24-17-9-10-18-25(24)28(32)35;/h3-10,12-15,17-18,23H,2,11,16,19-20H2,1H3,(H,30,33);1H. The van der Waals surface area contributed by atoms with E-state index >= 15 is 0 Å². The fourth-order valence-corrected chi connectivity index (χ4v) is 5.59. The highest BCUT2D eigenvalue weighted by atomic mass is 35.5. The Kier molecular flexibility index (Phi) is 7.57. The van der Waals surface area contributed by atoms with E-state index in [2.05, 4.69) is 22.3 Å². The molecule has 1 fully saturated rings. The lowest BCUT2D eigenvalue weighted by molar-refractivity contribution is -0.102. The van der Waals surface area contributed by atoms with Crippen LogP contribution in [-0.2, 0) is 6.42 Å². The Morgan fingerprint density at radius 2 is 1.44 bits per heavy atom. The zero-order chi connectivity index (χ0) is 24.4. The van der Waals surface area contributed by atoms with Gasteiger partial charge < -0.3 is 5.32 Å². The summed E-state index contributed by atoms with van der Waals surface area (Å²) in [6.45, 7) is 3.25. The molecule has 3 aromatic carbocycles. The van der Waals surface area contributed by atoms with Crippen LogP contribution in [0.15, 0.2) is 84.9 Å². The molecule has 0 spiro atoms. The van der Waals surface area contributed by atoms with Crippen molar-refractivity contribution in [3.8, 4) is 0 Å². The zero-order valence-corrected chi connectivity index (χ0v) is 21.0. The Labute approximate surface area is 217 Å². The van der Waals surface area contributed by atoms with Gasteiger partial charge in [-0.15, -0.1) is 12.4 Å². The van der Waals surface area contributed by atoms with Crippen molar-refractivity contribution in [2.45, 2.75) is 32.0 Å². The monoisotopic (exact) mass is 503 g/mol. The van der Waals surface area contributed by atoms with Crippen LogP contribution in [-0.4, -0.2) is 46.4 Å². The molecule has 2 unspecified atom stereocenters. The fourth-order valence-electron chi connectivity index (χ4n) is 5.59. The molecule has 5 rings (SSSR count). The minimum atomic E-state index is -1.29. The van der Waals surface area contributed by atoms with Crippen LogP contribution in [0.2, 0.25) is 0 Å². The second-order valence-corrected chi connectivity index (χ2v) is 9.15. The first-order valence-corrected chi connectivity index (χ1v) is 12.2. The number of carbonyl (C=O) groups excluding carboxylic acids is 3.